The van der Waals surface area contributed by atoms with Gasteiger partial charge in [0.15, 0.2) is 0 Å². The summed E-state index contributed by atoms with van der Waals surface area (Å²) in [4.78, 5) is 1.10. The highest BCUT2D eigenvalue weighted by molar-refractivity contribution is 9.11. The Morgan fingerprint density at radius 2 is 2.00 bits per heavy atom. The van der Waals surface area contributed by atoms with Crippen LogP contribution in [0, 0.1) is 13.8 Å². The van der Waals surface area contributed by atoms with Gasteiger partial charge in [-0.25, -0.2) is 0 Å². The van der Waals surface area contributed by atoms with Crippen molar-refractivity contribution in [3.05, 3.63) is 54.6 Å². The van der Waals surface area contributed by atoms with Gasteiger partial charge >= 0.3 is 0 Å². The summed E-state index contributed by atoms with van der Waals surface area (Å²) in [6, 6.07) is 7.67. The molecule has 0 saturated heterocycles. The number of aryl methyl sites for hydroxylation is 2. The van der Waals surface area contributed by atoms with Crippen LogP contribution in [0.15, 0.2) is 28.1 Å². The number of benzene rings is 1. The van der Waals surface area contributed by atoms with Crippen LogP contribution in [-0.4, -0.2) is 5.11 Å². The smallest absolute Gasteiger partial charge is 0.107 e. The Hall–Kier alpha value is -0.350. The first-order valence-corrected chi connectivity index (χ1v) is 7.18. The summed E-state index contributed by atoms with van der Waals surface area (Å²) in [6.07, 6.45) is -0.662. The third-order valence-electron chi connectivity index (χ3n) is 2.74. The van der Waals surface area contributed by atoms with Crippen molar-refractivity contribution >= 4 is 38.9 Å². The maximum atomic E-state index is 10.4. The summed E-state index contributed by atoms with van der Waals surface area (Å²) in [5.74, 6) is 0. The molecule has 1 N–H and O–H groups in total. The summed E-state index contributed by atoms with van der Waals surface area (Å²) in [5, 5.41) is 11.0. The van der Waals surface area contributed by atoms with E-state index in [-0.39, 0.29) is 0 Å². The number of halogens is 2. The molecule has 0 aliphatic rings. The number of hydrogen-bond donors (Lipinski definition) is 1. The van der Waals surface area contributed by atoms with Crippen LogP contribution in [-0.2, 0) is 0 Å². The van der Waals surface area contributed by atoms with Gasteiger partial charge < -0.3 is 5.11 Å². The Labute approximate surface area is 118 Å². The minimum Gasteiger partial charge on any atom is -0.384 e. The molecule has 1 nitrogen and oxygen atoms in total. The number of thiophene rings is 1. The Morgan fingerprint density at radius 1 is 1.29 bits per heavy atom. The first kappa shape index (κ1) is 13.1. The van der Waals surface area contributed by atoms with Crippen molar-refractivity contribution < 1.29 is 5.11 Å². The fourth-order valence-corrected chi connectivity index (χ4v) is 3.75. The maximum absolute atomic E-state index is 10.4. The van der Waals surface area contributed by atoms with Crippen LogP contribution in [0.5, 0.6) is 0 Å². The molecule has 0 fully saturated rings. The molecule has 0 spiro atoms. The molecule has 2 aromatic rings. The van der Waals surface area contributed by atoms with Crippen molar-refractivity contribution in [1.82, 2.24) is 0 Å². The van der Waals surface area contributed by atoms with Gasteiger partial charge in [-0.2, -0.15) is 0 Å². The van der Waals surface area contributed by atoms with E-state index in [9.17, 15) is 5.11 Å². The van der Waals surface area contributed by atoms with Gasteiger partial charge in [-0.15, -0.1) is 11.3 Å². The monoisotopic (exact) mass is 330 g/mol. The van der Waals surface area contributed by atoms with Crippen molar-refractivity contribution in [1.29, 1.82) is 0 Å². The quantitative estimate of drug-likeness (QED) is 0.833. The highest BCUT2D eigenvalue weighted by Crippen LogP contribution is 2.36. The standard InChI is InChI=1S/C13H12BrClOS/c1-7-4-3-5-9(12(7)15)13(16)10-6-11(14)17-8(10)2/h3-6,13,16H,1-2H3. The summed E-state index contributed by atoms with van der Waals surface area (Å²) in [5.41, 5.74) is 2.66. The largest absolute Gasteiger partial charge is 0.384 e. The first-order chi connectivity index (χ1) is 8.00. The van der Waals surface area contributed by atoms with Crippen molar-refractivity contribution in [2.24, 2.45) is 0 Å². The van der Waals surface area contributed by atoms with E-state index in [1.54, 1.807) is 11.3 Å². The van der Waals surface area contributed by atoms with Gasteiger partial charge in [0.05, 0.1) is 3.79 Å². The Bertz CT molecular complexity index is 550. The van der Waals surface area contributed by atoms with E-state index in [4.69, 9.17) is 11.6 Å². The molecule has 0 bridgehead atoms. The molecule has 0 radical (unpaired) electrons. The predicted molar refractivity (Wildman–Crippen MR) is 77.0 cm³/mol. The zero-order valence-electron chi connectivity index (χ0n) is 9.50. The SMILES string of the molecule is Cc1cccc(C(O)c2cc(Br)sc2C)c1Cl. The van der Waals surface area contributed by atoms with Gasteiger partial charge in [-0.3, -0.25) is 0 Å². The lowest BCUT2D eigenvalue weighted by Crippen LogP contribution is -2.01. The molecular weight excluding hydrogens is 320 g/mol. The van der Waals surface area contributed by atoms with Gasteiger partial charge in [0, 0.05) is 15.5 Å². The van der Waals surface area contributed by atoms with Crippen LogP contribution in [0.1, 0.15) is 27.7 Å². The third kappa shape index (κ3) is 2.58. The maximum Gasteiger partial charge on any atom is 0.107 e. The van der Waals surface area contributed by atoms with E-state index in [0.717, 1.165) is 25.4 Å². The van der Waals surface area contributed by atoms with Gasteiger partial charge in [0.25, 0.3) is 0 Å². The summed E-state index contributed by atoms with van der Waals surface area (Å²) in [6.45, 7) is 3.94. The number of rotatable bonds is 2. The molecule has 4 heteroatoms. The molecule has 0 saturated carbocycles. The molecule has 1 aromatic heterocycles. The summed E-state index contributed by atoms with van der Waals surface area (Å²) < 4.78 is 1.02. The molecule has 0 aliphatic carbocycles. The highest BCUT2D eigenvalue weighted by Gasteiger charge is 2.18. The normalized spacial score (nSPS) is 12.8. The van der Waals surface area contributed by atoms with E-state index >= 15 is 0 Å². The minimum atomic E-state index is -0.662. The second kappa shape index (κ2) is 5.11. The molecular formula is C13H12BrClOS. The van der Waals surface area contributed by atoms with Crippen molar-refractivity contribution in [2.45, 2.75) is 20.0 Å². The average molecular weight is 332 g/mol. The van der Waals surface area contributed by atoms with Crippen LogP contribution in [0.4, 0.5) is 0 Å². The van der Waals surface area contributed by atoms with Crippen LogP contribution in [0.25, 0.3) is 0 Å². The van der Waals surface area contributed by atoms with E-state index in [1.807, 2.05) is 38.1 Å². The molecule has 1 aromatic carbocycles. The zero-order chi connectivity index (χ0) is 12.6. The van der Waals surface area contributed by atoms with Crippen molar-refractivity contribution in [3.63, 3.8) is 0 Å². The van der Waals surface area contributed by atoms with E-state index in [2.05, 4.69) is 15.9 Å². The number of hydrogen-bond acceptors (Lipinski definition) is 2. The minimum absolute atomic E-state index is 0.640. The fraction of sp³-hybridized carbons (Fsp3) is 0.231. The van der Waals surface area contributed by atoms with E-state index in [0.29, 0.717) is 5.02 Å². The molecule has 0 aliphatic heterocycles. The Balaban J connectivity index is 2.47. The van der Waals surface area contributed by atoms with Crippen LogP contribution in [0.2, 0.25) is 5.02 Å². The topological polar surface area (TPSA) is 20.2 Å². The lowest BCUT2D eigenvalue weighted by molar-refractivity contribution is 0.220. The molecule has 1 atom stereocenters. The van der Waals surface area contributed by atoms with Crippen LogP contribution in [0.3, 0.4) is 0 Å². The lowest BCUT2D eigenvalue weighted by atomic mass is 10.0. The fourth-order valence-electron chi connectivity index (χ4n) is 1.78. The predicted octanol–water partition coefficient (Wildman–Crippen LogP) is 4.86. The second-order valence-electron chi connectivity index (χ2n) is 3.94. The highest BCUT2D eigenvalue weighted by atomic mass is 79.9. The molecule has 90 valence electrons. The molecule has 1 heterocycles. The molecule has 0 amide bonds. The van der Waals surface area contributed by atoms with E-state index in [1.165, 1.54) is 0 Å². The van der Waals surface area contributed by atoms with Crippen LogP contribution >= 0.6 is 38.9 Å². The number of aliphatic hydroxyl groups is 1. The lowest BCUT2D eigenvalue weighted by Gasteiger charge is -2.14. The molecule has 17 heavy (non-hydrogen) atoms. The third-order valence-corrected chi connectivity index (χ3v) is 4.82. The molecule has 2 rings (SSSR count). The van der Waals surface area contributed by atoms with Gasteiger partial charge in [-0.1, -0.05) is 29.8 Å². The van der Waals surface area contributed by atoms with Gasteiger partial charge in [0.1, 0.15) is 6.10 Å². The number of aliphatic hydroxyl groups excluding tert-OH is 1. The zero-order valence-corrected chi connectivity index (χ0v) is 12.7. The molecule has 1 unspecified atom stereocenters. The average Bonchev–Trinajstić information content (AvgIpc) is 2.61. The first-order valence-electron chi connectivity index (χ1n) is 5.19. The van der Waals surface area contributed by atoms with Crippen molar-refractivity contribution in [2.75, 3.05) is 0 Å². The summed E-state index contributed by atoms with van der Waals surface area (Å²) in [7, 11) is 0. The Morgan fingerprint density at radius 3 is 2.59 bits per heavy atom. The Kier molecular flexibility index (Phi) is 3.93. The van der Waals surface area contributed by atoms with E-state index < -0.39 is 6.10 Å². The van der Waals surface area contributed by atoms with Gasteiger partial charge in [-0.05, 0) is 47.0 Å². The second-order valence-corrected chi connectivity index (χ2v) is 6.96. The summed E-state index contributed by atoms with van der Waals surface area (Å²) >= 11 is 11.3. The van der Waals surface area contributed by atoms with Crippen LogP contribution < -0.4 is 0 Å². The van der Waals surface area contributed by atoms with Crippen molar-refractivity contribution in [3.8, 4) is 0 Å². The van der Waals surface area contributed by atoms with Gasteiger partial charge in [0.2, 0.25) is 0 Å².